The van der Waals surface area contributed by atoms with Gasteiger partial charge in [-0.3, -0.25) is 20.4 Å². The molecule has 1 aliphatic heterocycles. The van der Waals surface area contributed by atoms with E-state index in [9.17, 15) is 14.4 Å². The zero-order chi connectivity index (χ0) is 16.1. The molecule has 118 valence electrons. The van der Waals surface area contributed by atoms with Gasteiger partial charge in [0.05, 0.1) is 5.92 Å². The number of piperidine rings is 1. The first-order valence-electron chi connectivity index (χ1n) is 6.87. The molecule has 22 heavy (non-hydrogen) atoms. The van der Waals surface area contributed by atoms with Crippen LogP contribution in [0.15, 0.2) is 24.3 Å². The average molecular weight is 325 g/mol. The minimum absolute atomic E-state index is 0.258. The molecule has 4 N–H and O–H groups in total. The van der Waals surface area contributed by atoms with Gasteiger partial charge in [0, 0.05) is 23.7 Å². The van der Waals surface area contributed by atoms with Crippen LogP contribution in [-0.2, 0) is 4.79 Å². The van der Waals surface area contributed by atoms with E-state index in [1.807, 2.05) is 0 Å². The van der Waals surface area contributed by atoms with Gasteiger partial charge in [0.1, 0.15) is 0 Å². The fraction of sp³-hybridized carbons (Fsp3) is 0.357. The first kappa shape index (κ1) is 16.1. The van der Waals surface area contributed by atoms with Crippen LogP contribution in [0, 0.1) is 5.92 Å². The van der Waals surface area contributed by atoms with Gasteiger partial charge in [0.2, 0.25) is 5.91 Å². The Morgan fingerprint density at radius 3 is 2.73 bits per heavy atom. The van der Waals surface area contributed by atoms with Crippen molar-refractivity contribution in [1.29, 1.82) is 0 Å². The molecule has 0 bridgehead atoms. The predicted molar refractivity (Wildman–Crippen MR) is 80.9 cm³/mol. The normalized spacial score (nSPS) is 17.7. The van der Waals surface area contributed by atoms with Crippen molar-refractivity contribution in [2.75, 3.05) is 13.1 Å². The third kappa shape index (κ3) is 4.11. The zero-order valence-electron chi connectivity index (χ0n) is 11.8. The van der Waals surface area contributed by atoms with Gasteiger partial charge in [0.25, 0.3) is 5.91 Å². The lowest BCUT2D eigenvalue weighted by atomic mass is 9.98. The first-order valence-corrected chi connectivity index (χ1v) is 7.25. The molecule has 0 aliphatic carbocycles. The topological polar surface area (TPSA) is 105 Å². The van der Waals surface area contributed by atoms with Gasteiger partial charge in [-0.2, -0.15) is 0 Å². The Kier molecular flexibility index (Phi) is 5.21. The van der Waals surface area contributed by atoms with E-state index in [0.717, 1.165) is 0 Å². The monoisotopic (exact) mass is 324 g/mol. The van der Waals surface area contributed by atoms with E-state index in [-0.39, 0.29) is 18.4 Å². The molecule has 4 amide bonds. The zero-order valence-corrected chi connectivity index (χ0v) is 12.6. The van der Waals surface area contributed by atoms with E-state index in [1.165, 1.54) is 11.0 Å². The Hall–Kier alpha value is -2.28. The summed E-state index contributed by atoms with van der Waals surface area (Å²) in [6.45, 7) is 0.808. The number of hydrogen-bond donors (Lipinski definition) is 3. The second-order valence-corrected chi connectivity index (χ2v) is 5.51. The molecular weight excluding hydrogens is 308 g/mol. The van der Waals surface area contributed by atoms with Crippen LogP contribution in [0.4, 0.5) is 4.79 Å². The van der Waals surface area contributed by atoms with Gasteiger partial charge in [-0.05, 0) is 31.0 Å². The van der Waals surface area contributed by atoms with E-state index >= 15 is 0 Å². The van der Waals surface area contributed by atoms with Gasteiger partial charge >= 0.3 is 6.03 Å². The molecule has 1 fully saturated rings. The van der Waals surface area contributed by atoms with E-state index in [4.69, 9.17) is 17.3 Å². The Bertz CT molecular complexity index is 593. The van der Waals surface area contributed by atoms with Crippen LogP contribution in [-0.4, -0.2) is 35.8 Å². The summed E-state index contributed by atoms with van der Waals surface area (Å²) in [7, 11) is 0. The van der Waals surface area contributed by atoms with Gasteiger partial charge in [0.15, 0.2) is 0 Å². The summed E-state index contributed by atoms with van der Waals surface area (Å²) in [5, 5.41) is 0.434. The smallest absolute Gasteiger partial charge is 0.314 e. The molecule has 1 aromatic rings. The van der Waals surface area contributed by atoms with Gasteiger partial charge in [-0.15, -0.1) is 0 Å². The Morgan fingerprint density at radius 1 is 1.27 bits per heavy atom. The predicted octanol–water partition coefficient (Wildman–Crippen LogP) is 0.892. The number of hydrogen-bond acceptors (Lipinski definition) is 3. The van der Waals surface area contributed by atoms with Crippen molar-refractivity contribution in [3.63, 3.8) is 0 Å². The maximum Gasteiger partial charge on any atom is 0.314 e. The highest BCUT2D eigenvalue weighted by atomic mass is 35.5. The lowest BCUT2D eigenvalue weighted by molar-refractivity contribution is -0.127. The minimum atomic E-state index is -0.541. The van der Waals surface area contributed by atoms with Crippen molar-refractivity contribution >= 4 is 29.4 Å². The van der Waals surface area contributed by atoms with Crippen molar-refractivity contribution in [3.05, 3.63) is 34.9 Å². The highest BCUT2D eigenvalue weighted by molar-refractivity contribution is 6.30. The van der Waals surface area contributed by atoms with Crippen molar-refractivity contribution in [3.8, 4) is 0 Å². The molecule has 0 unspecified atom stereocenters. The molecule has 0 spiro atoms. The number of carbonyl (C=O) groups excluding carboxylic acids is 3. The molecule has 1 saturated heterocycles. The SMILES string of the molecule is NC(=O)N1CCC[C@@H](C(=O)NNC(=O)c2cccc(Cl)c2)C1. The number of nitrogens with zero attached hydrogens (tertiary/aromatic N) is 1. The molecule has 1 heterocycles. The highest BCUT2D eigenvalue weighted by Gasteiger charge is 2.27. The second-order valence-electron chi connectivity index (χ2n) is 5.08. The lowest BCUT2D eigenvalue weighted by Gasteiger charge is -2.30. The van der Waals surface area contributed by atoms with Gasteiger partial charge in [-0.25, -0.2) is 4.79 Å². The number of carbonyl (C=O) groups is 3. The molecule has 2 rings (SSSR count). The summed E-state index contributed by atoms with van der Waals surface area (Å²) in [5.74, 6) is -1.19. The fourth-order valence-corrected chi connectivity index (χ4v) is 2.50. The molecule has 1 atom stereocenters. The number of urea groups is 1. The lowest BCUT2D eigenvalue weighted by Crippen LogP contribution is -2.50. The van der Waals surface area contributed by atoms with E-state index in [1.54, 1.807) is 18.2 Å². The summed E-state index contributed by atoms with van der Waals surface area (Å²) in [6, 6.07) is 5.84. The second kappa shape index (κ2) is 7.13. The summed E-state index contributed by atoms with van der Waals surface area (Å²) in [4.78, 5) is 36.5. The number of likely N-dealkylation sites (tertiary alicyclic amines) is 1. The molecule has 1 aromatic carbocycles. The minimum Gasteiger partial charge on any atom is -0.351 e. The van der Waals surface area contributed by atoms with Crippen molar-refractivity contribution in [2.24, 2.45) is 11.7 Å². The number of halogens is 1. The third-order valence-corrected chi connectivity index (χ3v) is 3.72. The number of nitrogens with one attached hydrogen (secondary N) is 2. The maximum atomic E-state index is 12.0. The van der Waals surface area contributed by atoms with Crippen molar-refractivity contribution in [2.45, 2.75) is 12.8 Å². The number of rotatable bonds is 2. The largest absolute Gasteiger partial charge is 0.351 e. The van der Waals surface area contributed by atoms with E-state index in [0.29, 0.717) is 30.0 Å². The van der Waals surface area contributed by atoms with Crippen LogP contribution >= 0.6 is 11.6 Å². The molecule has 0 aromatic heterocycles. The molecule has 0 saturated carbocycles. The molecule has 1 aliphatic rings. The Morgan fingerprint density at radius 2 is 2.05 bits per heavy atom. The molecular formula is C14H17ClN4O3. The van der Waals surface area contributed by atoms with Crippen LogP contribution < -0.4 is 16.6 Å². The van der Waals surface area contributed by atoms with Crippen LogP contribution in [0.1, 0.15) is 23.2 Å². The van der Waals surface area contributed by atoms with Crippen LogP contribution in [0.2, 0.25) is 5.02 Å². The average Bonchev–Trinajstić information content (AvgIpc) is 2.52. The van der Waals surface area contributed by atoms with E-state index < -0.39 is 11.9 Å². The van der Waals surface area contributed by atoms with Crippen LogP contribution in [0.5, 0.6) is 0 Å². The number of nitrogens with two attached hydrogens (primary N) is 1. The summed E-state index contributed by atoms with van der Waals surface area (Å²) in [6.07, 6.45) is 1.34. The summed E-state index contributed by atoms with van der Waals surface area (Å²) in [5.41, 5.74) is 10.3. The van der Waals surface area contributed by atoms with E-state index in [2.05, 4.69) is 10.9 Å². The summed E-state index contributed by atoms with van der Waals surface area (Å²) >= 11 is 5.80. The van der Waals surface area contributed by atoms with Crippen molar-refractivity contribution < 1.29 is 14.4 Å². The number of hydrazine groups is 1. The van der Waals surface area contributed by atoms with Gasteiger partial charge < -0.3 is 10.6 Å². The number of benzene rings is 1. The molecule has 8 heteroatoms. The molecule has 0 radical (unpaired) electrons. The van der Waals surface area contributed by atoms with Gasteiger partial charge in [-0.1, -0.05) is 17.7 Å². The fourth-order valence-electron chi connectivity index (χ4n) is 2.31. The Balaban J connectivity index is 1.87. The highest BCUT2D eigenvalue weighted by Crippen LogP contribution is 2.16. The standard InChI is InChI=1S/C14H17ClN4O3/c15-11-5-1-3-9(7-11)12(20)17-18-13(21)10-4-2-6-19(8-10)14(16)22/h1,3,5,7,10H,2,4,6,8H2,(H2,16,22)(H,17,20)(H,18,21)/t10-/m1/s1. The third-order valence-electron chi connectivity index (χ3n) is 3.49. The number of primary amides is 1. The van der Waals surface area contributed by atoms with Crippen molar-refractivity contribution in [1.82, 2.24) is 15.8 Å². The maximum absolute atomic E-state index is 12.0. The molecule has 7 nitrogen and oxygen atoms in total. The van der Waals surface area contributed by atoms with Crippen LogP contribution in [0.3, 0.4) is 0 Å². The quantitative estimate of drug-likeness (QED) is 0.704. The Labute approximate surface area is 132 Å². The van der Waals surface area contributed by atoms with Crippen LogP contribution in [0.25, 0.3) is 0 Å². The number of amides is 4. The first-order chi connectivity index (χ1) is 10.5. The summed E-state index contributed by atoms with van der Waals surface area (Å²) < 4.78 is 0.